The molecule has 0 saturated carbocycles. The van der Waals surface area contributed by atoms with Gasteiger partial charge in [-0.05, 0) is 29.7 Å². The van der Waals surface area contributed by atoms with E-state index in [9.17, 15) is 10.0 Å². The number of alkyl carbamates (subject to hydrolysis) is 1. The Morgan fingerprint density at radius 3 is 3.09 bits per heavy atom. The van der Waals surface area contributed by atoms with Crippen LogP contribution in [0.2, 0.25) is 0 Å². The van der Waals surface area contributed by atoms with Crippen LogP contribution in [0.15, 0.2) is 24.4 Å². The first kappa shape index (κ1) is 9.17. The molecule has 1 saturated heterocycles. The standard InChI is InChI=1S/C16H21N3O3/c1-19(2,21)6-5-12-9-17-15-4-3-11(8-14(12)15)7-13-10-22-16(20)18-13/h3-4,8-9,13,17H,5-7,10H2,1-2H3,(H,18,20)/t13-/m0/s1/i1D3,2D3. The van der Waals surface area contributed by atoms with Gasteiger partial charge in [0.1, 0.15) is 6.61 Å². The third-order valence-electron chi connectivity index (χ3n) is 3.75. The Morgan fingerprint density at radius 1 is 1.50 bits per heavy atom. The summed E-state index contributed by atoms with van der Waals surface area (Å²) in [6.45, 7) is -6.73. The number of ether oxygens (including phenoxy) is 1. The first-order valence-corrected chi connectivity index (χ1v) is 7.02. The Hall–Kier alpha value is -2.05. The van der Waals surface area contributed by atoms with Gasteiger partial charge in [0.2, 0.25) is 0 Å². The van der Waals surface area contributed by atoms with E-state index < -0.39 is 31.2 Å². The molecule has 118 valence electrons. The Morgan fingerprint density at radius 2 is 2.36 bits per heavy atom. The molecule has 0 spiro atoms. The topological polar surface area (TPSA) is 77.2 Å². The van der Waals surface area contributed by atoms with E-state index in [2.05, 4.69) is 10.3 Å². The second-order valence-corrected chi connectivity index (χ2v) is 5.55. The predicted molar refractivity (Wildman–Crippen MR) is 84.3 cm³/mol. The van der Waals surface area contributed by atoms with Gasteiger partial charge in [-0.15, -0.1) is 0 Å². The summed E-state index contributed by atoms with van der Waals surface area (Å²) in [7, 11) is 0. The monoisotopic (exact) mass is 309 g/mol. The zero-order valence-electron chi connectivity index (χ0n) is 17.9. The molecule has 2 aromatic rings. The lowest BCUT2D eigenvalue weighted by molar-refractivity contribution is -0.839. The number of nitrogens with one attached hydrogen (secondary N) is 2. The first-order chi connectivity index (χ1) is 12.9. The maximum atomic E-state index is 12.7. The molecule has 22 heavy (non-hydrogen) atoms. The third-order valence-corrected chi connectivity index (χ3v) is 3.75. The number of hydrogen-bond donors (Lipinski definition) is 2. The van der Waals surface area contributed by atoms with Crippen molar-refractivity contribution in [3.05, 3.63) is 40.7 Å². The number of carbonyl (C=O) groups is 1. The molecule has 6 heteroatoms. The maximum absolute atomic E-state index is 12.7. The lowest BCUT2D eigenvalue weighted by Gasteiger charge is -2.33. The van der Waals surface area contributed by atoms with Crippen molar-refractivity contribution >= 4 is 17.0 Å². The van der Waals surface area contributed by atoms with E-state index in [0.717, 1.165) is 16.5 Å². The summed E-state index contributed by atoms with van der Waals surface area (Å²) >= 11 is 0. The molecule has 1 amide bonds. The molecule has 1 aromatic heterocycles. The average Bonchev–Trinajstić information content (AvgIpc) is 3.16. The summed E-state index contributed by atoms with van der Waals surface area (Å²) in [6, 6.07) is 5.49. The highest BCUT2D eigenvalue weighted by molar-refractivity contribution is 5.84. The van der Waals surface area contributed by atoms with Crippen molar-refractivity contribution in [3.63, 3.8) is 0 Å². The Balaban J connectivity index is 1.81. The van der Waals surface area contributed by atoms with Crippen molar-refractivity contribution < 1.29 is 22.4 Å². The average molecular weight is 309 g/mol. The zero-order chi connectivity index (χ0) is 20.7. The lowest BCUT2D eigenvalue weighted by Crippen LogP contribution is -2.34. The summed E-state index contributed by atoms with van der Waals surface area (Å²) in [5, 5.41) is 16.1. The number of likely N-dealkylation sites (N-methyl/N-ethyl adjacent to an activating group) is 1. The number of nitrogens with zero attached hydrogens (tertiary/aromatic N) is 1. The molecule has 3 rings (SSSR count). The summed E-state index contributed by atoms with van der Waals surface area (Å²) in [5.74, 6) is 0. The number of carbonyl (C=O) groups excluding carboxylic acids is 1. The SMILES string of the molecule is [2H]C([2H])([2H])[N+]([O-])(CCc1c[nH]c2ccc(C[C@H]3COC(=O)N3)cc12)C([2H])([2H])[2H]. The van der Waals surface area contributed by atoms with Crippen LogP contribution in [0.4, 0.5) is 4.79 Å². The Kier molecular flexibility index (Phi) is 2.34. The van der Waals surface area contributed by atoms with Gasteiger partial charge >= 0.3 is 6.09 Å². The minimum absolute atomic E-state index is 0.00694. The first-order valence-electron chi connectivity index (χ1n) is 10.0. The van der Waals surface area contributed by atoms with Gasteiger partial charge in [-0.25, -0.2) is 4.79 Å². The van der Waals surface area contributed by atoms with Crippen LogP contribution in [0.3, 0.4) is 0 Å². The number of hydroxylamine groups is 3. The van der Waals surface area contributed by atoms with Crippen LogP contribution < -0.4 is 5.32 Å². The fourth-order valence-corrected chi connectivity index (χ4v) is 2.66. The quantitative estimate of drug-likeness (QED) is 0.654. The van der Waals surface area contributed by atoms with Gasteiger partial charge in [-0.1, -0.05) is 6.07 Å². The molecule has 1 fully saturated rings. The molecule has 1 aliphatic rings. The van der Waals surface area contributed by atoms with E-state index in [1.165, 1.54) is 0 Å². The number of rotatable bonds is 5. The summed E-state index contributed by atoms with van der Waals surface area (Å²) < 4.78 is 46.9. The van der Waals surface area contributed by atoms with Gasteiger partial charge in [0.25, 0.3) is 0 Å². The highest BCUT2D eigenvalue weighted by Crippen LogP contribution is 2.22. The molecule has 0 unspecified atom stereocenters. The second kappa shape index (κ2) is 5.62. The number of aromatic nitrogens is 1. The number of amides is 1. The van der Waals surface area contributed by atoms with Gasteiger partial charge in [0.05, 0.1) is 34.8 Å². The van der Waals surface area contributed by atoms with Crippen molar-refractivity contribution in [2.24, 2.45) is 0 Å². The lowest BCUT2D eigenvalue weighted by atomic mass is 10.0. The minimum atomic E-state index is -3.21. The second-order valence-electron chi connectivity index (χ2n) is 5.55. The van der Waals surface area contributed by atoms with Crippen LogP contribution in [-0.4, -0.2) is 48.9 Å². The fraction of sp³-hybridized carbons (Fsp3) is 0.438. The zero-order valence-corrected chi connectivity index (χ0v) is 11.9. The summed E-state index contributed by atoms with van der Waals surface area (Å²) in [4.78, 5) is 14.2. The van der Waals surface area contributed by atoms with Gasteiger partial charge in [0.15, 0.2) is 0 Å². The molecular weight excluding hydrogens is 282 g/mol. The van der Waals surface area contributed by atoms with Crippen LogP contribution in [-0.2, 0) is 17.6 Å². The smallest absolute Gasteiger partial charge is 0.407 e. The molecule has 0 radical (unpaired) electrons. The number of fused-ring (bicyclic) bond motifs is 1. The van der Waals surface area contributed by atoms with Gasteiger partial charge in [0, 0.05) is 23.5 Å². The van der Waals surface area contributed by atoms with Gasteiger partial charge < -0.3 is 24.9 Å². The number of hydrogen-bond acceptors (Lipinski definition) is 3. The van der Waals surface area contributed by atoms with E-state index in [-0.39, 0.29) is 19.1 Å². The summed E-state index contributed by atoms with van der Waals surface area (Å²) in [6.07, 6.45) is 1.75. The molecule has 1 aliphatic heterocycles. The number of cyclic esters (lactones) is 1. The molecule has 2 heterocycles. The van der Waals surface area contributed by atoms with Crippen LogP contribution in [0.25, 0.3) is 10.9 Å². The largest absolute Gasteiger partial charge is 0.633 e. The maximum Gasteiger partial charge on any atom is 0.407 e. The van der Waals surface area contributed by atoms with E-state index in [1.54, 1.807) is 6.20 Å². The van der Waals surface area contributed by atoms with E-state index in [1.807, 2.05) is 18.2 Å². The van der Waals surface area contributed by atoms with Gasteiger partial charge in [-0.3, -0.25) is 0 Å². The molecule has 1 aromatic carbocycles. The number of quaternary nitrogens is 1. The van der Waals surface area contributed by atoms with Crippen LogP contribution in [0.5, 0.6) is 0 Å². The summed E-state index contributed by atoms with van der Waals surface area (Å²) in [5.41, 5.74) is 2.38. The highest BCUT2D eigenvalue weighted by Gasteiger charge is 2.22. The number of H-pyrrole nitrogens is 1. The minimum Gasteiger partial charge on any atom is -0.633 e. The van der Waals surface area contributed by atoms with Crippen molar-refractivity contribution in [2.45, 2.75) is 18.9 Å². The normalized spacial score (nSPS) is 23.7. The molecule has 1 atom stereocenters. The molecular formula is C16H21N3O3. The van der Waals surface area contributed by atoms with E-state index in [0.29, 0.717) is 12.0 Å². The van der Waals surface area contributed by atoms with Crippen molar-refractivity contribution in [1.82, 2.24) is 10.3 Å². The van der Waals surface area contributed by atoms with Crippen LogP contribution >= 0.6 is 0 Å². The van der Waals surface area contributed by atoms with Crippen LogP contribution in [0, 0.1) is 5.21 Å². The van der Waals surface area contributed by atoms with Crippen molar-refractivity contribution in [2.75, 3.05) is 27.1 Å². The number of aromatic amines is 1. The van der Waals surface area contributed by atoms with Crippen LogP contribution in [0.1, 0.15) is 19.4 Å². The molecule has 0 aliphatic carbocycles. The Labute approximate surface area is 137 Å². The predicted octanol–water partition coefficient (Wildman–Crippen LogP) is 1.94. The highest BCUT2D eigenvalue weighted by atomic mass is 16.6. The Bertz CT molecular complexity index is 863. The fourth-order valence-electron chi connectivity index (χ4n) is 2.66. The molecule has 2 N–H and O–H groups in total. The third kappa shape index (κ3) is 3.40. The molecule has 0 bridgehead atoms. The van der Waals surface area contributed by atoms with E-state index in [4.69, 9.17) is 13.0 Å². The molecule has 6 nitrogen and oxygen atoms in total. The van der Waals surface area contributed by atoms with E-state index >= 15 is 0 Å². The van der Waals surface area contributed by atoms with Gasteiger partial charge in [-0.2, -0.15) is 0 Å². The van der Waals surface area contributed by atoms with Crippen molar-refractivity contribution in [1.29, 1.82) is 0 Å². The number of benzene rings is 1. The van der Waals surface area contributed by atoms with Crippen molar-refractivity contribution in [3.8, 4) is 0 Å².